The second kappa shape index (κ2) is 4.22. The van der Waals surface area contributed by atoms with E-state index in [0.29, 0.717) is 5.56 Å². The standard InChI is InChI=1S/C8H8O3.Zn/c1-5-3-2-4-6(7(5)9)8(10)11;/h2-4,9H,1H3,(H,10,11);. The number of para-hydroxylation sites is 1. The van der Waals surface area contributed by atoms with E-state index in [-0.39, 0.29) is 30.8 Å². The number of carbonyl (C=O) groups is 1. The number of carboxylic acids is 1. The molecule has 0 aliphatic heterocycles. The minimum absolute atomic E-state index is 0. The summed E-state index contributed by atoms with van der Waals surface area (Å²) in [6, 6.07) is 4.62. The van der Waals surface area contributed by atoms with Crippen LogP contribution in [0.15, 0.2) is 18.2 Å². The number of rotatable bonds is 1. The van der Waals surface area contributed by atoms with Crippen LogP contribution in [0.5, 0.6) is 5.75 Å². The quantitative estimate of drug-likeness (QED) is 0.699. The second-order valence-corrected chi connectivity index (χ2v) is 2.28. The van der Waals surface area contributed by atoms with Crippen molar-refractivity contribution in [2.75, 3.05) is 0 Å². The van der Waals surface area contributed by atoms with Crippen LogP contribution in [0.25, 0.3) is 0 Å². The van der Waals surface area contributed by atoms with Crippen LogP contribution in [-0.4, -0.2) is 16.2 Å². The van der Waals surface area contributed by atoms with Gasteiger partial charge in [0, 0.05) is 19.5 Å². The summed E-state index contributed by atoms with van der Waals surface area (Å²) in [5.74, 6) is -1.26. The molecule has 1 rings (SSSR count). The molecule has 0 amide bonds. The van der Waals surface area contributed by atoms with Crippen molar-refractivity contribution in [2.24, 2.45) is 0 Å². The molecule has 0 atom stereocenters. The van der Waals surface area contributed by atoms with E-state index in [1.165, 1.54) is 6.07 Å². The van der Waals surface area contributed by atoms with Crippen molar-refractivity contribution in [1.29, 1.82) is 0 Å². The van der Waals surface area contributed by atoms with E-state index in [4.69, 9.17) is 5.11 Å². The molecule has 0 aromatic heterocycles. The molecular formula is C8H8O3Zn. The van der Waals surface area contributed by atoms with Crippen LogP contribution < -0.4 is 0 Å². The summed E-state index contributed by atoms with van der Waals surface area (Å²) < 4.78 is 0. The minimum atomic E-state index is -1.11. The summed E-state index contributed by atoms with van der Waals surface area (Å²) in [4.78, 5) is 10.4. The third kappa shape index (κ3) is 2.05. The molecule has 0 saturated carbocycles. The van der Waals surface area contributed by atoms with Gasteiger partial charge in [-0.15, -0.1) is 0 Å². The van der Waals surface area contributed by atoms with E-state index in [9.17, 15) is 9.90 Å². The largest absolute Gasteiger partial charge is 0.507 e. The normalized spacial score (nSPS) is 8.75. The molecule has 3 nitrogen and oxygen atoms in total. The summed E-state index contributed by atoms with van der Waals surface area (Å²) in [5, 5.41) is 17.7. The fraction of sp³-hybridized carbons (Fsp3) is 0.125. The van der Waals surface area contributed by atoms with Gasteiger partial charge < -0.3 is 10.2 Å². The molecule has 60 valence electrons. The van der Waals surface area contributed by atoms with Crippen LogP contribution in [-0.2, 0) is 19.5 Å². The van der Waals surface area contributed by atoms with Crippen LogP contribution in [0.1, 0.15) is 15.9 Å². The molecule has 4 heteroatoms. The second-order valence-electron chi connectivity index (χ2n) is 2.28. The first kappa shape index (κ1) is 11.1. The van der Waals surface area contributed by atoms with Crippen molar-refractivity contribution in [1.82, 2.24) is 0 Å². The third-order valence-corrected chi connectivity index (χ3v) is 1.47. The molecule has 0 fully saturated rings. The number of benzene rings is 1. The zero-order chi connectivity index (χ0) is 8.43. The number of hydrogen-bond acceptors (Lipinski definition) is 2. The minimum Gasteiger partial charge on any atom is -0.507 e. The number of hydrogen-bond donors (Lipinski definition) is 2. The van der Waals surface area contributed by atoms with Gasteiger partial charge in [0.25, 0.3) is 0 Å². The van der Waals surface area contributed by atoms with Gasteiger partial charge in [-0.1, -0.05) is 12.1 Å². The van der Waals surface area contributed by atoms with Crippen LogP contribution in [0.4, 0.5) is 0 Å². The van der Waals surface area contributed by atoms with Gasteiger partial charge in [-0.3, -0.25) is 0 Å². The predicted molar refractivity (Wildman–Crippen MR) is 39.8 cm³/mol. The Kier molecular flexibility index (Phi) is 3.91. The van der Waals surface area contributed by atoms with E-state index in [0.717, 1.165) is 0 Å². The SMILES string of the molecule is Cc1cccc(C(=O)O)c1O.[Zn]. The molecule has 0 heterocycles. The van der Waals surface area contributed by atoms with Crippen molar-refractivity contribution in [3.8, 4) is 5.75 Å². The maximum Gasteiger partial charge on any atom is 0.339 e. The molecule has 0 radical (unpaired) electrons. The first-order valence-electron chi connectivity index (χ1n) is 3.15. The number of phenols is 1. The number of aryl methyl sites for hydroxylation is 1. The molecule has 0 saturated heterocycles. The average molecular weight is 218 g/mol. The van der Waals surface area contributed by atoms with Gasteiger partial charge >= 0.3 is 5.97 Å². The van der Waals surface area contributed by atoms with Gasteiger partial charge in [0.15, 0.2) is 0 Å². The summed E-state index contributed by atoms with van der Waals surface area (Å²) in [6.45, 7) is 1.65. The molecule has 0 aliphatic carbocycles. The van der Waals surface area contributed by atoms with Crippen LogP contribution in [0, 0.1) is 6.92 Å². The van der Waals surface area contributed by atoms with Crippen molar-refractivity contribution in [2.45, 2.75) is 6.92 Å². The van der Waals surface area contributed by atoms with E-state index in [1.54, 1.807) is 19.1 Å². The van der Waals surface area contributed by atoms with E-state index in [1.807, 2.05) is 0 Å². The summed E-state index contributed by atoms with van der Waals surface area (Å²) >= 11 is 0. The van der Waals surface area contributed by atoms with Crippen molar-refractivity contribution < 1.29 is 34.5 Å². The fourth-order valence-electron chi connectivity index (χ4n) is 0.832. The Morgan fingerprint density at radius 3 is 2.42 bits per heavy atom. The maximum atomic E-state index is 10.4. The first-order valence-corrected chi connectivity index (χ1v) is 3.15. The Balaban J connectivity index is 0.00000121. The van der Waals surface area contributed by atoms with E-state index < -0.39 is 5.97 Å². The summed E-state index contributed by atoms with van der Waals surface area (Å²) in [6.07, 6.45) is 0. The predicted octanol–water partition coefficient (Wildman–Crippen LogP) is 1.40. The Hall–Kier alpha value is -0.887. The van der Waals surface area contributed by atoms with Gasteiger partial charge in [-0.2, -0.15) is 0 Å². The summed E-state index contributed by atoms with van der Waals surface area (Å²) in [5.41, 5.74) is 0.523. The topological polar surface area (TPSA) is 57.5 Å². The number of aromatic carboxylic acids is 1. The average Bonchev–Trinajstić information content (AvgIpc) is 1.94. The molecule has 0 spiro atoms. The molecule has 12 heavy (non-hydrogen) atoms. The van der Waals surface area contributed by atoms with Gasteiger partial charge in [0.2, 0.25) is 0 Å². The monoisotopic (exact) mass is 216 g/mol. The van der Waals surface area contributed by atoms with E-state index >= 15 is 0 Å². The molecule has 0 aliphatic rings. The zero-order valence-corrected chi connectivity index (χ0v) is 9.71. The first-order chi connectivity index (χ1) is 5.13. The van der Waals surface area contributed by atoms with Crippen molar-refractivity contribution in [3.05, 3.63) is 29.3 Å². The van der Waals surface area contributed by atoms with Crippen molar-refractivity contribution >= 4 is 5.97 Å². The van der Waals surface area contributed by atoms with Gasteiger partial charge in [-0.25, -0.2) is 4.79 Å². The Labute approximate surface area is 82.8 Å². The molecule has 0 bridgehead atoms. The molecular weight excluding hydrogens is 209 g/mol. The molecule has 0 unspecified atom stereocenters. The fourth-order valence-corrected chi connectivity index (χ4v) is 0.832. The number of carboxylic acid groups (broad SMARTS) is 1. The third-order valence-electron chi connectivity index (χ3n) is 1.47. The van der Waals surface area contributed by atoms with Gasteiger partial charge in [0.1, 0.15) is 11.3 Å². The van der Waals surface area contributed by atoms with Gasteiger partial charge in [-0.05, 0) is 18.6 Å². The zero-order valence-electron chi connectivity index (χ0n) is 6.74. The Morgan fingerprint density at radius 1 is 1.42 bits per heavy atom. The maximum absolute atomic E-state index is 10.4. The van der Waals surface area contributed by atoms with E-state index in [2.05, 4.69) is 0 Å². The Bertz CT molecular complexity index is 296. The summed E-state index contributed by atoms with van der Waals surface area (Å²) in [7, 11) is 0. The Morgan fingerprint density at radius 2 is 2.00 bits per heavy atom. The van der Waals surface area contributed by atoms with Gasteiger partial charge in [0.05, 0.1) is 0 Å². The van der Waals surface area contributed by atoms with Crippen LogP contribution in [0.2, 0.25) is 0 Å². The van der Waals surface area contributed by atoms with Crippen molar-refractivity contribution in [3.63, 3.8) is 0 Å². The van der Waals surface area contributed by atoms with Crippen LogP contribution in [0.3, 0.4) is 0 Å². The molecule has 1 aromatic rings. The number of aromatic hydroxyl groups is 1. The smallest absolute Gasteiger partial charge is 0.339 e. The molecule has 2 N–H and O–H groups in total. The molecule has 1 aromatic carbocycles. The van der Waals surface area contributed by atoms with Crippen LogP contribution >= 0.6 is 0 Å².